The molecule has 0 radical (unpaired) electrons. The highest BCUT2D eigenvalue weighted by atomic mass is 32.2. The van der Waals surface area contributed by atoms with Crippen LogP contribution in [-0.4, -0.2) is 54.7 Å². The molecular weight excluding hydrogens is 332 g/mol. The number of amides is 1. The average Bonchev–Trinajstić information content (AvgIpc) is 3.06. The number of carboxylic acid groups (broad SMARTS) is 1. The third-order valence-corrected chi connectivity index (χ3v) is 6.90. The summed E-state index contributed by atoms with van der Waals surface area (Å²) < 4.78 is 27.5. The number of carbonyl (C=O) groups excluding carboxylic acids is 1. The summed E-state index contributed by atoms with van der Waals surface area (Å²) in [5, 5.41) is 8.46. The summed E-state index contributed by atoms with van der Waals surface area (Å²) >= 11 is 0. The van der Waals surface area contributed by atoms with Crippen LogP contribution in [0.4, 0.5) is 0 Å². The fourth-order valence-electron chi connectivity index (χ4n) is 3.57. The van der Waals surface area contributed by atoms with E-state index in [-0.39, 0.29) is 24.3 Å². The van der Waals surface area contributed by atoms with Gasteiger partial charge in [0.05, 0.1) is 5.25 Å². The summed E-state index contributed by atoms with van der Waals surface area (Å²) in [7, 11) is -3.79. The molecule has 138 valence electrons. The van der Waals surface area contributed by atoms with Gasteiger partial charge >= 0.3 is 5.97 Å². The molecule has 1 saturated carbocycles. The lowest BCUT2D eigenvalue weighted by Gasteiger charge is -2.34. The minimum Gasteiger partial charge on any atom is -0.480 e. The molecule has 2 N–H and O–H groups in total. The molecule has 1 heterocycles. The van der Waals surface area contributed by atoms with Crippen molar-refractivity contribution in [3.63, 3.8) is 0 Å². The van der Waals surface area contributed by atoms with E-state index in [1.165, 1.54) is 0 Å². The zero-order chi connectivity index (χ0) is 17.9. The van der Waals surface area contributed by atoms with Gasteiger partial charge in [-0.3, -0.25) is 9.59 Å². The first-order valence-corrected chi connectivity index (χ1v) is 10.3. The average molecular weight is 360 g/mol. The van der Waals surface area contributed by atoms with Crippen molar-refractivity contribution in [3.05, 3.63) is 0 Å². The number of sulfonamides is 1. The fraction of sp³-hybridized carbons (Fsp3) is 0.875. The SMILES string of the molecule is CC(C)[C@H](NS(=O)(=O)C1CCCN(C(=O)C2CCCC2)C1)C(=O)O. The molecule has 0 spiro atoms. The Morgan fingerprint density at radius 3 is 2.29 bits per heavy atom. The number of rotatable bonds is 6. The number of aliphatic carboxylic acids is 1. The van der Waals surface area contributed by atoms with Gasteiger partial charge in [-0.2, -0.15) is 0 Å². The van der Waals surface area contributed by atoms with Gasteiger partial charge in [0.1, 0.15) is 6.04 Å². The molecule has 0 aromatic rings. The Hall–Kier alpha value is -1.15. The van der Waals surface area contributed by atoms with Crippen molar-refractivity contribution in [2.24, 2.45) is 11.8 Å². The standard InChI is InChI=1S/C16H28N2O5S/c1-11(2)14(16(20)21)17-24(22,23)13-8-5-9-18(10-13)15(19)12-6-3-4-7-12/h11-14,17H,3-10H2,1-2H3,(H,20,21)/t13?,14-/m0/s1. The largest absolute Gasteiger partial charge is 0.480 e. The highest BCUT2D eigenvalue weighted by Gasteiger charge is 2.38. The van der Waals surface area contributed by atoms with Crippen LogP contribution in [0.25, 0.3) is 0 Å². The fourth-order valence-corrected chi connectivity index (χ4v) is 5.34. The molecule has 1 aliphatic heterocycles. The van der Waals surface area contributed by atoms with Crippen LogP contribution in [0.5, 0.6) is 0 Å². The molecule has 0 aromatic heterocycles. The second-order valence-corrected chi connectivity index (χ2v) is 9.25. The van der Waals surface area contributed by atoms with E-state index in [9.17, 15) is 23.1 Å². The van der Waals surface area contributed by atoms with Gasteiger partial charge < -0.3 is 10.0 Å². The number of likely N-dealkylation sites (tertiary alicyclic amines) is 1. The predicted octanol–water partition coefficient (Wildman–Crippen LogP) is 1.20. The number of hydrogen-bond acceptors (Lipinski definition) is 4. The zero-order valence-electron chi connectivity index (χ0n) is 14.4. The Balaban J connectivity index is 2.04. The van der Waals surface area contributed by atoms with Crippen LogP contribution in [0.1, 0.15) is 52.4 Å². The van der Waals surface area contributed by atoms with Crippen LogP contribution in [0, 0.1) is 11.8 Å². The number of hydrogen-bond donors (Lipinski definition) is 2. The Morgan fingerprint density at radius 2 is 1.75 bits per heavy atom. The minimum absolute atomic E-state index is 0.0295. The number of carboxylic acids is 1. The van der Waals surface area contributed by atoms with E-state index in [0.29, 0.717) is 19.4 Å². The Morgan fingerprint density at radius 1 is 1.12 bits per heavy atom. The Labute approximate surface area is 143 Å². The number of nitrogens with zero attached hydrogens (tertiary/aromatic N) is 1. The Kier molecular flexibility index (Phi) is 6.25. The molecule has 1 aliphatic carbocycles. The van der Waals surface area contributed by atoms with Crippen molar-refractivity contribution in [2.45, 2.75) is 63.7 Å². The predicted molar refractivity (Wildman–Crippen MR) is 89.9 cm³/mol. The van der Waals surface area contributed by atoms with Crippen molar-refractivity contribution in [3.8, 4) is 0 Å². The molecule has 2 atom stereocenters. The van der Waals surface area contributed by atoms with Crippen molar-refractivity contribution >= 4 is 21.9 Å². The van der Waals surface area contributed by atoms with Crippen molar-refractivity contribution in [1.29, 1.82) is 0 Å². The van der Waals surface area contributed by atoms with Gasteiger partial charge in [-0.1, -0.05) is 26.7 Å². The maximum Gasteiger partial charge on any atom is 0.321 e. The van der Waals surface area contributed by atoms with Crippen molar-refractivity contribution in [1.82, 2.24) is 9.62 Å². The van der Waals surface area contributed by atoms with Crippen LogP contribution >= 0.6 is 0 Å². The van der Waals surface area contributed by atoms with Crippen LogP contribution in [0.15, 0.2) is 0 Å². The van der Waals surface area contributed by atoms with E-state index >= 15 is 0 Å². The van der Waals surface area contributed by atoms with E-state index in [0.717, 1.165) is 25.7 Å². The van der Waals surface area contributed by atoms with Gasteiger partial charge in [0, 0.05) is 19.0 Å². The molecule has 1 saturated heterocycles. The number of carbonyl (C=O) groups is 2. The molecule has 0 aromatic carbocycles. The second kappa shape index (κ2) is 7.82. The first kappa shape index (κ1) is 19.2. The molecule has 1 unspecified atom stereocenters. The summed E-state index contributed by atoms with van der Waals surface area (Å²) in [6.07, 6.45) is 4.97. The molecule has 2 aliphatic rings. The summed E-state index contributed by atoms with van der Waals surface area (Å²) in [4.78, 5) is 25.4. The maximum absolute atomic E-state index is 12.6. The minimum atomic E-state index is -3.79. The van der Waals surface area contributed by atoms with E-state index in [1.807, 2.05) is 0 Å². The van der Waals surface area contributed by atoms with Gasteiger partial charge in [-0.15, -0.1) is 0 Å². The summed E-state index contributed by atoms with van der Waals surface area (Å²) in [5.74, 6) is -1.44. The summed E-state index contributed by atoms with van der Waals surface area (Å²) in [6, 6.07) is -1.14. The van der Waals surface area contributed by atoms with Gasteiger partial charge in [0.25, 0.3) is 0 Å². The number of nitrogens with one attached hydrogen (secondary N) is 1. The monoisotopic (exact) mass is 360 g/mol. The summed E-state index contributed by atoms with van der Waals surface area (Å²) in [5.41, 5.74) is 0. The lowest BCUT2D eigenvalue weighted by atomic mass is 10.0. The second-order valence-electron chi connectivity index (χ2n) is 7.25. The third-order valence-electron chi connectivity index (χ3n) is 5.06. The molecular formula is C16H28N2O5S. The van der Waals surface area contributed by atoms with Crippen LogP contribution in [0.2, 0.25) is 0 Å². The quantitative estimate of drug-likeness (QED) is 0.741. The highest BCUT2D eigenvalue weighted by Crippen LogP contribution is 2.28. The molecule has 2 rings (SSSR count). The Bertz CT molecular complexity index is 569. The first-order valence-electron chi connectivity index (χ1n) is 8.75. The van der Waals surface area contributed by atoms with Gasteiger partial charge in [-0.25, -0.2) is 13.1 Å². The molecule has 8 heteroatoms. The molecule has 24 heavy (non-hydrogen) atoms. The van der Waals surface area contributed by atoms with Crippen molar-refractivity contribution < 1.29 is 23.1 Å². The van der Waals surface area contributed by atoms with Crippen molar-refractivity contribution in [2.75, 3.05) is 13.1 Å². The molecule has 2 fully saturated rings. The highest BCUT2D eigenvalue weighted by molar-refractivity contribution is 7.90. The number of piperidine rings is 1. The van der Waals surface area contributed by atoms with E-state index in [2.05, 4.69) is 4.72 Å². The van der Waals surface area contributed by atoms with Crippen LogP contribution in [-0.2, 0) is 19.6 Å². The van der Waals surface area contributed by atoms with Gasteiger partial charge in [-0.05, 0) is 31.6 Å². The smallest absolute Gasteiger partial charge is 0.321 e. The molecule has 1 amide bonds. The van der Waals surface area contributed by atoms with Gasteiger partial charge in [0.15, 0.2) is 0 Å². The van der Waals surface area contributed by atoms with Gasteiger partial charge in [0.2, 0.25) is 15.9 Å². The van der Waals surface area contributed by atoms with Crippen LogP contribution < -0.4 is 4.72 Å². The lowest BCUT2D eigenvalue weighted by Crippen LogP contribution is -2.53. The molecule has 0 bridgehead atoms. The normalized spacial score (nSPS) is 24.3. The lowest BCUT2D eigenvalue weighted by molar-refractivity contribution is -0.140. The maximum atomic E-state index is 12.6. The van der Waals surface area contributed by atoms with E-state index < -0.39 is 27.3 Å². The third kappa shape index (κ3) is 4.47. The summed E-state index contributed by atoms with van der Waals surface area (Å²) in [6.45, 7) is 4.08. The zero-order valence-corrected chi connectivity index (χ0v) is 15.2. The van der Waals surface area contributed by atoms with E-state index in [4.69, 9.17) is 0 Å². The first-order chi connectivity index (χ1) is 11.2. The topological polar surface area (TPSA) is 104 Å². The van der Waals surface area contributed by atoms with Crippen LogP contribution in [0.3, 0.4) is 0 Å². The van der Waals surface area contributed by atoms with E-state index in [1.54, 1.807) is 18.7 Å². The molecule has 7 nitrogen and oxygen atoms in total.